The third-order valence-corrected chi connectivity index (χ3v) is 6.34. The van der Waals surface area contributed by atoms with Crippen LogP contribution in [0.15, 0.2) is 47.4 Å². The van der Waals surface area contributed by atoms with E-state index in [0.717, 1.165) is 18.3 Å². The van der Waals surface area contributed by atoms with Crippen LogP contribution >= 0.6 is 0 Å². The second-order valence-electron chi connectivity index (χ2n) is 8.18. The predicted octanol–water partition coefficient (Wildman–Crippen LogP) is 3.50. The molecule has 1 fully saturated rings. The number of amides is 1. The van der Waals surface area contributed by atoms with Gasteiger partial charge in [-0.2, -0.15) is 5.10 Å². The van der Waals surface area contributed by atoms with Gasteiger partial charge in [-0.25, -0.2) is 17.6 Å². The van der Waals surface area contributed by atoms with Gasteiger partial charge in [0.15, 0.2) is 28.9 Å². The molecule has 0 saturated carbocycles. The summed E-state index contributed by atoms with van der Waals surface area (Å²) in [5.41, 5.74) is -0.908. The molecule has 2 aromatic carbocycles. The first-order valence-corrected chi connectivity index (χ1v) is 10.3. The molecule has 5 rings (SSSR count). The van der Waals surface area contributed by atoms with Gasteiger partial charge < -0.3 is 10.0 Å². The third kappa shape index (κ3) is 3.28. The number of fused-ring (bicyclic) bond motifs is 2. The molecule has 0 bridgehead atoms. The van der Waals surface area contributed by atoms with Gasteiger partial charge in [0, 0.05) is 12.5 Å². The summed E-state index contributed by atoms with van der Waals surface area (Å²) in [7, 11) is 0. The highest BCUT2D eigenvalue weighted by Gasteiger charge is 2.48. The maximum atomic E-state index is 14.2. The third-order valence-electron chi connectivity index (χ3n) is 6.34. The number of nitrogens with zero attached hydrogens (tertiary/aromatic N) is 3. The molecule has 10 heteroatoms. The Hall–Kier alpha value is -3.69. The zero-order valence-corrected chi connectivity index (χ0v) is 17.0. The fraction of sp³-hybridized carbons (Fsp3) is 0.261. The van der Waals surface area contributed by atoms with Crippen LogP contribution in [0.3, 0.4) is 0 Å². The number of rotatable bonds is 3. The van der Waals surface area contributed by atoms with E-state index in [9.17, 15) is 32.3 Å². The maximum Gasteiger partial charge on any atom is 0.276 e. The van der Waals surface area contributed by atoms with Gasteiger partial charge in [0.25, 0.3) is 5.91 Å². The predicted molar refractivity (Wildman–Crippen MR) is 108 cm³/mol. The van der Waals surface area contributed by atoms with Crippen molar-refractivity contribution in [2.45, 2.75) is 30.8 Å². The molecule has 0 radical (unpaired) electrons. The van der Waals surface area contributed by atoms with E-state index < -0.39 is 58.4 Å². The minimum absolute atomic E-state index is 0.00543. The Morgan fingerprint density at radius 2 is 1.76 bits per heavy atom. The van der Waals surface area contributed by atoms with E-state index in [1.165, 1.54) is 27.8 Å². The molecule has 1 unspecified atom stereocenters. The summed E-state index contributed by atoms with van der Waals surface area (Å²) in [5, 5.41) is 14.5. The van der Waals surface area contributed by atoms with Crippen molar-refractivity contribution in [2.75, 3.05) is 6.54 Å². The Labute approximate surface area is 184 Å². The monoisotopic (exact) mass is 459 g/mol. The van der Waals surface area contributed by atoms with Gasteiger partial charge in [-0.3, -0.25) is 14.3 Å². The molecule has 2 aliphatic rings. The molecular formula is C23H17F4N3O3. The van der Waals surface area contributed by atoms with E-state index >= 15 is 0 Å². The van der Waals surface area contributed by atoms with E-state index in [1.807, 2.05) is 0 Å². The topological polar surface area (TPSA) is 75.4 Å². The lowest BCUT2D eigenvalue weighted by atomic mass is 9.79. The Balaban J connectivity index is 1.81. The van der Waals surface area contributed by atoms with Crippen molar-refractivity contribution in [2.24, 2.45) is 0 Å². The average Bonchev–Trinajstić information content (AvgIpc) is 3.27. The summed E-state index contributed by atoms with van der Waals surface area (Å²) >= 11 is 0. The van der Waals surface area contributed by atoms with E-state index in [4.69, 9.17) is 0 Å². The number of hydrogen-bond acceptors (Lipinski definition) is 4. The maximum absolute atomic E-state index is 14.2. The van der Waals surface area contributed by atoms with Crippen LogP contribution in [0.25, 0.3) is 0 Å². The molecule has 1 saturated heterocycles. The molecule has 33 heavy (non-hydrogen) atoms. The summed E-state index contributed by atoms with van der Waals surface area (Å²) in [6.45, 7) is 0.338. The molecule has 1 amide bonds. The first-order chi connectivity index (χ1) is 15.8. The zero-order valence-electron chi connectivity index (χ0n) is 17.0. The van der Waals surface area contributed by atoms with Gasteiger partial charge in [-0.15, -0.1) is 0 Å². The van der Waals surface area contributed by atoms with E-state index in [2.05, 4.69) is 5.10 Å². The van der Waals surface area contributed by atoms with Crippen LogP contribution in [0.2, 0.25) is 0 Å². The second kappa shape index (κ2) is 7.72. The highest BCUT2D eigenvalue weighted by atomic mass is 19.2. The van der Waals surface area contributed by atoms with Crippen LogP contribution in [0.4, 0.5) is 17.6 Å². The summed E-state index contributed by atoms with van der Waals surface area (Å²) in [4.78, 5) is 26.6. The number of aromatic hydroxyl groups is 1. The van der Waals surface area contributed by atoms with Gasteiger partial charge in [0.1, 0.15) is 5.82 Å². The van der Waals surface area contributed by atoms with Crippen molar-refractivity contribution in [3.05, 3.63) is 92.9 Å². The number of aromatic nitrogens is 2. The lowest BCUT2D eigenvalue weighted by Gasteiger charge is -2.42. The Morgan fingerprint density at radius 1 is 1.03 bits per heavy atom. The number of carbonyl (C=O) groups is 1. The van der Waals surface area contributed by atoms with Gasteiger partial charge in [0.05, 0.1) is 18.3 Å². The number of halogens is 4. The van der Waals surface area contributed by atoms with Crippen molar-refractivity contribution in [3.8, 4) is 5.75 Å². The molecule has 2 aliphatic heterocycles. The summed E-state index contributed by atoms with van der Waals surface area (Å²) < 4.78 is 57.6. The van der Waals surface area contributed by atoms with Crippen LogP contribution in [0, 0.1) is 23.3 Å². The first-order valence-electron chi connectivity index (χ1n) is 10.3. The molecule has 6 nitrogen and oxygen atoms in total. The van der Waals surface area contributed by atoms with Gasteiger partial charge in [-0.1, -0.05) is 12.1 Å². The number of benzene rings is 2. The first kappa shape index (κ1) is 21.2. The highest BCUT2D eigenvalue weighted by molar-refractivity contribution is 5.96. The molecule has 1 aromatic heterocycles. The molecular weight excluding hydrogens is 442 g/mol. The van der Waals surface area contributed by atoms with Crippen molar-refractivity contribution in [3.63, 3.8) is 0 Å². The summed E-state index contributed by atoms with van der Waals surface area (Å²) in [6.07, 6.45) is 1.95. The van der Waals surface area contributed by atoms with E-state index in [0.29, 0.717) is 24.9 Å². The van der Waals surface area contributed by atoms with Gasteiger partial charge >= 0.3 is 0 Å². The van der Waals surface area contributed by atoms with Crippen LogP contribution in [-0.2, 0) is 0 Å². The average molecular weight is 459 g/mol. The molecule has 3 aromatic rings. The highest BCUT2D eigenvalue weighted by Crippen LogP contribution is 2.46. The van der Waals surface area contributed by atoms with Crippen molar-refractivity contribution in [1.82, 2.24) is 14.7 Å². The Morgan fingerprint density at radius 3 is 2.45 bits per heavy atom. The number of carbonyl (C=O) groups excluding carboxylic acids is 1. The van der Waals surface area contributed by atoms with E-state index in [-0.39, 0.29) is 11.3 Å². The van der Waals surface area contributed by atoms with Crippen molar-refractivity contribution in [1.29, 1.82) is 0 Å². The Kier molecular flexibility index (Phi) is 4.95. The summed E-state index contributed by atoms with van der Waals surface area (Å²) in [6, 6.07) is 5.62. The molecule has 3 heterocycles. The minimum atomic E-state index is -1.64. The van der Waals surface area contributed by atoms with Crippen LogP contribution in [0.5, 0.6) is 5.75 Å². The van der Waals surface area contributed by atoms with Gasteiger partial charge in [-0.05, 0) is 48.2 Å². The molecule has 1 N–H and O–H groups in total. The SMILES string of the molecule is O=C1c2c(O)c(=O)cnn2[C@@H](C(c2cccc(F)c2)c2cc(F)c(F)c(F)c2)[C@H]2CCCN12. The lowest BCUT2D eigenvalue weighted by Crippen LogP contribution is -2.50. The molecule has 170 valence electrons. The van der Waals surface area contributed by atoms with Crippen LogP contribution in [0.1, 0.15) is 46.4 Å². The number of hydrogen-bond donors (Lipinski definition) is 1. The van der Waals surface area contributed by atoms with Crippen molar-refractivity contribution >= 4 is 5.91 Å². The normalized spacial score (nSPS) is 20.5. The molecule has 0 spiro atoms. The quantitative estimate of drug-likeness (QED) is 0.481. The second-order valence-corrected chi connectivity index (χ2v) is 8.18. The summed E-state index contributed by atoms with van der Waals surface area (Å²) in [5.74, 6) is -7.46. The lowest BCUT2D eigenvalue weighted by molar-refractivity contribution is 0.0564. The fourth-order valence-corrected chi connectivity index (χ4v) is 4.99. The Bertz CT molecular complexity index is 1320. The zero-order chi connectivity index (χ0) is 23.4. The van der Waals surface area contributed by atoms with E-state index in [1.54, 1.807) is 6.07 Å². The van der Waals surface area contributed by atoms with Crippen LogP contribution in [-0.4, -0.2) is 38.3 Å². The fourth-order valence-electron chi connectivity index (χ4n) is 4.99. The minimum Gasteiger partial charge on any atom is -0.502 e. The van der Waals surface area contributed by atoms with Gasteiger partial charge in [0.2, 0.25) is 5.43 Å². The molecule has 3 atom stereocenters. The largest absolute Gasteiger partial charge is 0.502 e. The smallest absolute Gasteiger partial charge is 0.276 e. The molecule has 0 aliphatic carbocycles. The standard InChI is InChI=1S/C23H17F4N3O3/c24-13-4-1-3-11(7-13)18(12-8-14(25)19(27)15(26)9-12)20-16-5-2-6-29(16)23(33)21-22(32)17(31)10-28-30(20)21/h1,3-4,7-10,16,18,20,32H,2,5-6H2/t16-,18?,20-/m1/s1. The van der Waals surface area contributed by atoms with Crippen molar-refractivity contribution < 1.29 is 27.5 Å². The van der Waals surface area contributed by atoms with Crippen LogP contribution < -0.4 is 5.43 Å².